The van der Waals surface area contributed by atoms with Crippen LogP contribution in [-0.2, 0) is 15.6 Å². The lowest BCUT2D eigenvalue weighted by Gasteiger charge is -2.06. The molecule has 0 saturated heterocycles. The van der Waals surface area contributed by atoms with Crippen LogP contribution in [0.25, 0.3) is 0 Å². The van der Waals surface area contributed by atoms with E-state index in [4.69, 9.17) is 5.26 Å². The maximum Gasteiger partial charge on any atom is 0.224 e. The minimum atomic E-state index is -0.823. The van der Waals surface area contributed by atoms with Gasteiger partial charge < -0.3 is 5.32 Å². The van der Waals surface area contributed by atoms with E-state index < -0.39 is 10.8 Å². The fourth-order valence-corrected chi connectivity index (χ4v) is 3.11. The van der Waals surface area contributed by atoms with E-state index in [0.29, 0.717) is 29.8 Å². The lowest BCUT2D eigenvalue weighted by atomic mass is 10.2. The Bertz CT molecular complexity index is 523. The van der Waals surface area contributed by atoms with Gasteiger partial charge in [-0.05, 0) is 25.0 Å². The van der Waals surface area contributed by atoms with Gasteiger partial charge in [-0.25, -0.2) is 0 Å². The molecule has 0 aromatic heterocycles. The zero-order valence-corrected chi connectivity index (χ0v) is 13.2. The lowest BCUT2D eigenvalue weighted by Crippen LogP contribution is -2.14. The molecule has 0 spiro atoms. The summed E-state index contributed by atoms with van der Waals surface area (Å²) in [5.41, 5.74) is 0.989. The van der Waals surface area contributed by atoms with Gasteiger partial charge in [0.2, 0.25) is 5.91 Å². The third-order valence-electron chi connectivity index (χ3n) is 3.07. The number of unbranched alkanes of at least 4 members (excludes halogenated alkanes) is 2. The fraction of sp³-hybridized carbons (Fsp3) is 0.500. The van der Waals surface area contributed by atoms with E-state index in [1.54, 1.807) is 24.3 Å². The van der Waals surface area contributed by atoms with Gasteiger partial charge >= 0.3 is 0 Å². The number of carbonyl (C=O) groups excluding carboxylic acids is 1. The van der Waals surface area contributed by atoms with Gasteiger partial charge in [0, 0.05) is 28.7 Å². The molecule has 0 bridgehead atoms. The molecule has 1 atom stereocenters. The van der Waals surface area contributed by atoms with Crippen LogP contribution in [0, 0.1) is 11.3 Å². The summed E-state index contributed by atoms with van der Waals surface area (Å²) in [6.07, 6.45) is 4.17. The summed E-state index contributed by atoms with van der Waals surface area (Å²) in [7, 11) is -0.823. The predicted molar refractivity (Wildman–Crippen MR) is 86.4 cm³/mol. The first-order chi connectivity index (χ1) is 10.2. The molecule has 0 heterocycles. The number of nitriles is 1. The van der Waals surface area contributed by atoms with Crippen molar-refractivity contribution in [3.05, 3.63) is 29.8 Å². The molecule has 0 radical (unpaired) electrons. The molecule has 0 aliphatic carbocycles. The van der Waals surface area contributed by atoms with Crippen LogP contribution in [0.5, 0.6) is 0 Å². The minimum Gasteiger partial charge on any atom is -0.325 e. The Hall–Kier alpha value is -1.67. The Labute approximate surface area is 129 Å². The van der Waals surface area contributed by atoms with Crippen molar-refractivity contribution in [2.45, 2.75) is 39.0 Å². The second-order valence-electron chi connectivity index (χ2n) is 4.86. The summed E-state index contributed by atoms with van der Waals surface area (Å²) in [6, 6.07) is 8.95. The van der Waals surface area contributed by atoms with Gasteiger partial charge in [0.1, 0.15) is 6.07 Å². The smallest absolute Gasteiger partial charge is 0.224 e. The van der Waals surface area contributed by atoms with Crippen molar-refractivity contribution in [2.75, 3.05) is 16.8 Å². The third-order valence-corrected chi connectivity index (χ3v) is 4.56. The van der Waals surface area contributed by atoms with Crippen LogP contribution in [-0.4, -0.2) is 21.6 Å². The van der Waals surface area contributed by atoms with Gasteiger partial charge in [-0.3, -0.25) is 9.00 Å². The van der Waals surface area contributed by atoms with Gasteiger partial charge in [-0.15, -0.1) is 0 Å². The molecular weight excluding hydrogens is 284 g/mol. The van der Waals surface area contributed by atoms with Crippen LogP contribution in [0.3, 0.4) is 0 Å². The predicted octanol–water partition coefficient (Wildman–Crippen LogP) is 3.22. The zero-order chi connectivity index (χ0) is 15.5. The molecule has 1 amide bonds. The van der Waals surface area contributed by atoms with Crippen molar-refractivity contribution in [3.63, 3.8) is 0 Å². The maximum absolute atomic E-state index is 11.8. The number of hydrogen-bond donors (Lipinski definition) is 1. The summed E-state index contributed by atoms with van der Waals surface area (Å²) in [5.74, 6) is 1.16. The molecule has 1 aromatic carbocycles. The van der Waals surface area contributed by atoms with Gasteiger partial charge in [0.05, 0.1) is 11.3 Å². The first kappa shape index (κ1) is 17.4. The molecule has 1 rings (SSSR count). The van der Waals surface area contributed by atoms with Crippen molar-refractivity contribution in [1.29, 1.82) is 5.26 Å². The second kappa shape index (κ2) is 10.1. The van der Waals surface area contributed by atoms with Crippen LogP contribution in [0.2, 0.25) is 0 Å². The van der Waals surface area contributed by atoms with E-state index >= 15 is 0 Å². The van der Waals surface area contributed by atoms with Crippen molar-refractivity contribution < 1.29 is 9.00 Å². The number of benzene rings is 1. The molecule has 0 fully saturated rings. The minimum absolute atomic E-state index is 0.136. The molecule has 4 nitrogen and oxygen atoms in total. The molecule has 5 heteroatoms. The molecular formula is C16H22N2O2S. The molecule has 114 valence electrons. The van der Waals surface area contributed by atoms with E-state index in [2.05, 4.69) is 12.2 Å². The first-order valence-corrected chi connectivity index (χ1v) is 8.80. The summed E-state index contributed by atoms with van der Waals surface area (Å²) in [4.78, 5) is 11.8. The van der Waals surface area contributed by atoms with Crippen LogP contribution in [0.4, 0.5) is 5.69 Å². The highest BCUT2D eigenvalue weighted by molar-refractivity contribution is 7.84. The highest BCUT2D eigenvalue weighted by Gasteiger charge is 2.07. The number of anilines is 1. The fourth-order valence-electron chi connectivity index (χ4n) is 1.91. The number of para-hydroxylation sites is 1. The van der Waals surface area contributed by atoms with Crippen LogP contribution in [0.1, 0.15) is 44.6 Å². The van der Waals surface area contributed by atoms with Crippen molar-refractivity contribution in [1.82, 2.24) is 0 Å². The SMILES string of the molecule is CCCCCS(=O)CCCC(=O)Nc1ccccc1C#N. The highest BCUT2D eigenvalue weighted by atomic mass is 32.2. The largest absolute Gasteiger partial charge is 0.325 e. The number of amides is 1. The van der Waals surface area contributed by atoms with Gasteiger partial charge in [0.15, 0.2) is 0 Å². The standard InChI is InChI=1S/C16H22N2O2S/c1-2-3-6-11-21(20)12-7-10-16(19)18-15-9-5-4-8-14(15)13-17/h4-5,8-9H,2-3,6-7,10-12H2,1H3,(H,18,19). The normalized spacial score (nSPS) is 11.6. The van der Waals surface area contributed by atoms with Crippen LogP contribution < -0.4 is 5.32 Å². The maximum atomic E-state index is 11.8. The molecule has 0 saturated carbocycles. The Kier molecular flexibility index (Phi) is 8.37. The Morgan fingerprint density at radius 2 is 1.95 bits per heavy atom. The Balaban J connectivity index is 2.28. The summed E-state index contributed by atoms with van der Waals surface area (Å²) >= 11 is 0. The number of nitrogens with zero attached hydrogens (tertiary/aromatic N) is 1. The summed E-state index contributed by atoms with van der Waals surface area (Å²) < 4.78 is 11.7. The van der Waals surface area contributed by atoms with E-state index in [1.165, 1.54) is 0 Å². The first-order valence-electron chi connectivity index (χ1n) is 7.31. The average Bonchev–Trinajstić information content (AvgIpc) is 2.48. The molecule has 1 N–H and O–H groups in total. The summed E-state index contributed by atoms with van der Waals surface area (Å²) in [5, 5.41) is 11.7. The van der Waals surface area contributed by atoms with Crippen molar-refractivity contribution in [2.24, 2.45) is 0 Å². The van der Waals surface area contributed by atoms with E-state index in [0.717, 1.165) is 25.0 Å². The van der Waals surface area contributed by atoms with Crippen molar-refractivity contribution >= 4 is 22.4 Å². The number of nitrogens with one attached hydrogen (secondary N) is 1. The van der Waals surface area contributed by atoms with Crippen molar-refractivity contribution in [3.8, 4) is 6.07 Å². The molecule has 1 unspecified atom stereocenters. The zero-order valence-electron chi connectivity index (χ0n) is 12.4. The van der Waals surface area contributed by atoms with Gasteiger partial charge in [-0.1, -0.05) is 31.9 Å². The van der Waals surface area contributed by atoms with Crippen LogP contribution in [0.15, 0.2) is 24.3 Å². The quantitative estimate of drug-likeness (QED) is 0.712. The summed E-state index contributed by atoms with van der Waals surface area (Å²) in [6.45, 7) is 2.12. The van der Waals surface area contributed by atoms with Gasteiger partial charge in [0.25, 0.3) is 0 Å². The monoisotopic (exact) mass is 306 g/mol. The number of rotatable bonds is 9. The second-order valence-corrected chi connectivity index (χ2v) is 6.56. The highest BCUT2D eigenvalue weighted by Crippen LogP contribution is 2.14. The molecule has 0 aliphatic rings. The Morgan fingerprint density at radius 1 is 1.24 bits per heavy atom. The average molecular weight is 306 g/mol. The third kappa shape index (κ3) is 7.05. The van der Waals surface area contributed by atoms with Gasteiger partial charge in [-0.2, -0.15) is 5.26 Å². The topological polar surface area (TPSA) is 70.0 Å². The van der Waals surface area contributed by atoms with E-state index in [1.807, 2.05) is 6.07 Å². The molecule has 0 aliphatic heterocycles. The molecule has 21 heavy (non-hydrogen) atoms. The number of hydrogen-bond acceptors (Lipinski definition) is 3. The Morgan fingerprint density at radius 3 is 2.67 bits per heavy atom. The molecule has 1 aromatic rings. The van der Waals surface area contributed by atoms with E-state index in [-0.39, 0.29) is 5.91 Å². The van der Waals surface area contributed by atoms with E-state index in [9.17, 15) is 9.00 Å². The number of carbonyl (C=O) groups is 1. The lowest BCUT2D eigenvalue weighted by molar-refractivity contribution is -0.116. The van der Waals surface area contributed by atoms with Crippen LogP contribution >= 0.6 is 0 Å².